The number of aldehydes is 1. The lowest BCUT2D eigenvalue weighted by Crippen LogP contribution is -1.99. The Morgan fingerprint density at radius 3 is 1.46 bits per heavy atom. The van der Waals surface area contributed by atoms with Gasteiger partial charge in [0.2, 0.25) is 6.54 Å². The van der Waals surface area contributed by atoms with Gasteiger partial charge in [-0.25, -0.2) is 0 Å². The summed E-state index contributed by atoms with van der Waals surface area (Å²) in [6, 6.07) is 0. The van der Waals surface area contributed by atoms with Crippen molar-refractivity contribution in [1.29, 1.82) is 0 Å². The van der Waals surface area contributed by atoms with E-state index >= 15 is 0 Å². The van der Waals surface area contributed by atoms with Gasteiger partial charge in [-0.05, 0) is 57.8 Å². The molecular formula is C22H35NO3. The van der Waals surface area contributed by atoms with Gasteiger partial charge < -0.3 is 4.79 Å². The topological polar surface area (TPSA) is 60.2 Å². The molecule has 0 fully saturated rings. The van der Waals surface area contributed by atoms with Crippen LogP contribution in [0.15, 0.2) is 48.6 Å². The van der Waals surface area contributed by atoms with E-state index in [0.717, 1.165) is 64.1 Å². The Morgan fingerprint density at radius 2 is 1.00 bits per heavy atom. The molecule has 146 valence electrons. The van der Waals surface area contributed by atoms with Crippen LogP contribution in [0.4, 0.5) is 0 Å². The number of rotatable bonds is 18. The van der Waals surface area contributed by atoms with Crippen LogP contribution in [0.25, 0.3) is 0 Å². The molecule has 0 aromatic carbocycles. The van der Waals surface area contributed by atoms with Crippen molar-refractivity contribution in [2.24, 2.45) is 0 Å². The fourth-order valence-corrected chi connectivity index (χ4v) is 2.40. The van der Waals surface area contributed by atoms with Gasteiger partial charge in [0, 0.05) is 17.8 Å². The van der Waals surface area contributed by atoms with Crippen LogP contribution >= 0.6 is 0 Å². The molecule has 0 N–H and O–H groups in total. The highest BCUT2D eigenvalue weighted by Crippen LogP contribution is 2.03. The molecule has 0 atom stereocenters. The van der Waals surface area contributed by atoms with E-state index in [-0.39, 0.29) is 11.5 Å². The first-order valence-electron chi connectivity index (χ1n) is 9.92. The summed E-state index contributed by atoms with van der Waals surface area (Å²) in [6.45, 7) is 0.0955. The van der Waals surface area contributed by atoms with E-state index in [1.807, 2.05) is 0 Å². The van der Waals surface area contributed by atoms with Crippen LogP contribution in [0.3, 0.4) is 0 Å². The van der Waals surface area contributed by atoms with Gasteiger partial charge in [0.1, 0.15) is 6.29 Å². The smallest absolute Gasteiger partial charge is 0.203 e. The van der Waals surface area contributed by atoms with Crippen LogP contribution in [0, 0.1) is 10.1 Å². The average Bonchev–Trinajstić information content (AvgIpc) is 2.62. The molecule has 0 saturated heterocycles. The van der Waals surface area contributed by atoms with Gasteiger partial charge in [-0.2, -0.15) is 0 Å². The number of hydrogen-bond donors (Lipinski definition) is 0. The Kier molecular flexibility index (Phi) is 19.5. The molecule has 0 bridgehead atoms. The van der Waals surface area contributed by atoms with Gasteiger partial charge in [0.15, 0.2) is 0 Å². The minimum Gasteiger partial charge on any atom is -0.303 e. The standard InChI is InChI=1S/C22H35NO3/c24-22-20-18-16-14-12-10-8-6-4-2-1-3-5-7-9-11-13-15-17-19-21-23(25)26/h2-5,8-11,22H,1,6-7,12-21H2. The van der Waals surface area contributed by atoms with Gasteiger partial charge >= 0.3 is 0 Å². The maximum Gasteiger partial charge on any atom is 0.203 e. The zero-order chi connectivity index (χ0) is 19.1. The zero-order valence-electron chi connectivity index (χ0n) is 16.1. The summed E-state index contributed by atoms with van der Waals surface area (Å²) in [4.78, 5) is 20.1. The largest absolute Gasteiger partial charge is 0.303 e. The number of carbonyl (C=O) groups is 1. The Bertz CT molecular complexity index is 450. The molecule has 0 radical (unpaired) electrons. The van der Waals surface area contributed by atoms with Crippen molar-refractivity contribution in [3.63, 3.8) is 0 Å². The molecule has 0 spiro atoms. The first-order valence-corrected chi connectivity index (χ1v) is 9.92. The molecule has 0 aromatic heterocycles. The summed E-state index contributed by atoms with van der Waals surface area (Å²) in [5.74, 6) is 0. The molecule has 0 amide bonds. The van der Waals surface area contributed by atoms with Crippen LogP contribution < -0.4 is 0 Å². The predicted molar refractivity (Wildman–Crippen MR) is 110 cm³/mol. The van der Waals surface area contributed by atoms with E-state index < -0.39 is 0 Å². The first kappa shape index (κ1) is 24.0. The van der Waals surface area contributed by atoms with E-state index in [0.29, 0.717) is 12.8 Å². The van der Waals surface area contributed by atoms with E-state index in [1.54, 1.807) is 0 Å². The molecule has 0 aliphatic carbocycles. The molecule has 0 rings (SSSR count). The maximum absolute atomic E-state index is 10.2. The first-order chi connectivity index (χ1) is 12.8. The lowest BCUT2D eigenvalue weighted by Gasteiger charge is -1.93. The summed E-state index contributed by atoms with van der Waals surface area (Å²) >= 11 is 0. The van der Waals surface area contributed by atoms with Crippen LogP contribution in [0.5, 0.6) is 0 Å². The molecule has 0 unspecified atom stereocenters. The second-order valence-corrected chi connectivity index (χ2v) is 6.30. The zero-order valence-corrected chi connectivity index (χ0v) is 16.1. The number of carbonyl (C=O) groups excluding carboxylic acids is 1. The fourth-order valence-electron chi connectivity index (χ4n) is 2.40. The van der Waals surface area contributed by atoms with Crippen molar-refractivity contribution in [3.8, 4) is 0 Å². The van der Waals surface area contributed by atoms with Gasteiger partial charge in [-0.15, -0.1) is 0 Å². The molecule has 0 heterocycles. The highest BCUT2D eigenvalue weighted by molar-refractivity contribution is 5.48. The van der Waals surface area contributed by atoms with Crippen LogP contribution in [0.2, 0.25) is 0 Å². The van der Waals surface area contributed by atoms with Gasteiger partial charge in [0.25, 0.3) is 0 Å². The quantitative estimate of drug-likeness (QED) is 0.0937. The number of nitro groups is 1. The molecule has 0 aromatic rings. The molecular weight excluding hydrogens is 326 g/mol. The molecule has 0 saturated carbocycles. The number of allylic oxidation sites excluding steroid dienone is 8. The Hall–Kier alpha value is -1.97. The molecule has 4 heteroatoms. The van der Waals surface area contributed by atoms with E-state index in [4.69, 9.17) is 0 Å². The summed E-state index contributed by atoms with van der Waals surface area (Å²) in [7, 11) is 0. The molecule has 0 aliphatic heterocycles. The average molecular weight is 362 g/mol. The predicted octanol–water partition coefficient (Wildman–Crippen LogP) is 6.37. The second-order valence-electron chi connectivity index (χ2n) is 6.30. The molecule has 0 aliphatic rings. The van der Waals surface area contributed by atoms with Crippen LogP contribution in [-0.4, -0.2) is 17.8 Å². The normalized spacial score (nSPS) is 12.2. The summed E-state index contributed by atoms with van der Waals surface area (Å²) in [5, 5.41) is 10.2. The Labute approximate surface area is 158 Å². The Balaban J connectivity index is 3.38. The van der Waals surface area contributed by atoms with Crippen molar-refractivity contribution in [2.45, 2.75) is 77.0 Å². The highest BCUT2D eigenvalue weighted by atomic mass is 16.6. The Morgan fingerprint density at radius 1 is 0.577 bits per heavy atom. The minimum absolute atomic E-state index is 0.0955. The van der Waals surface area contributed by atoms with Crippen molar-refractivity contribution in [2.75, 3.05) is 6.54 Å². The highest BCUT2D eigenvalue weighted by Gasteiger charge is 1.94. The maximum atomic E-state index is 10.2. The summed E-state index contributed by atoms with van der Waals surface area (Å²) in [5.41, 5.74) is 0. The molecule has 26 heavy (non-hydrogen) atoms. The third-order valence-corrected chi connectivity index (χ3v) is 3.89. The summed E-state index contributed by atoms with van der Waals surface area (Å²) in [6.07, 6.45) is 30.1. The van der Waals surface area contributed by atoms with Crippen LogP contribution in [-0.2, 0) is 4.79 Å². The van der Waals surface area contributed by atoms with Crippen molar-refractivity contribution in [1.82, 2.24) is 0 Å². The van der Waals surface area contributed by atoms with E-state index in [9.17, 15) is 14.9 Å². The third kappa shape index (κ3) is 22.0. The number of unbranched alkanes of at least 4 members (excludes halogenated alkanes) is 7. The second kappa shape index (κ2) is 21.1. The minimum atomic E-state index is -0.245. The van der Waals surface area contributed by atoms with Crippen LogP contribution in [0.1, 0.15) is 77.0 Å². The van der Waals surface area contributed by atoms with Crippen molar-refractivity contribution < 1.29 is 9.72 Å². The third-order valence-electron chi connectivity index (χ3n) is 3.89. The molecule has 4 nitrogen and oxygen atoms in total. The lowest BCUT2D eigenvalue weighted by atomic mass is 10.1. The number of nitrogens with zero attached hydrogens (tertiary/aromatic N) is 1. The summed E-state index contributed by atoms with van der Waals surface area (Å²) < 4.78 is 0. The van der Waals surface area contributed by atoms with Gasteiger partial charge in [-0.3, -0.25) is 10.1 Å². The SMILES string of the molecule is O=CCCCCCC=CCC=CCC=CCC=CCCCCC[N+](=O)[O-]. The van der Waals surface area contributed by atoms with E-state index in [1.165, 1.54) is 6.42 Å². The van der Waals surface area contributed by atoms with E-state index in [2.05, 4.69) is 48.6 Å². The fraction of sp³-hybridized carbons (Fsp3) is 0.591. The monoisotopic (exact) mass is 361 g/mol. The lowest BCUT2D eigenvalue weighted by molar-refractivity contribution is -0.480. The van der Waals surface area contributed by atoms with Gasteiger partial charge in [-0.1, -0.05) is 55.0 Å². The van der Waals surface area contributed by atoms with Gasteiger partial charge in [0.05, 0.1) is 0 Å². The number of hydrogen-bond acceptors (Lipinski definition) is 3. The van der Waals surface area contributed by atoms with Crippen molar-refractivity contribution in [3.05, 3.63) is 58.7 Å². The van der Waals surface area contributed by atoms with Crippen molar-refractivity contribution >= 4 is 6.29 Å².